The zero-order valence-corrected chi connectivity index (χ0v) is 10.9. The molecule has 19 heavy (non-hydrogen) atoms. The summed E-state index contributed by atoms with van der Waals surface area (Å²) < 4.78 is 55.5. The van der Waals surface area contributed by atoms with Crippen molar-refractivity contribution in [3.05, 3.63) is 18.2 Å². The second-order valence-electron chi connectivity index (χ2n) is 3.74. The van der Waals surface area contributed by atoms with Gasteiger partial charge >= 0.3 is 0 Å². The Bertz CT molecular complexity index is 548. The fourth-order valence-corrected chi connectivity index (χ4v) is 2.32. The molecule has 0 aliphatic heterocycles. The molecule has 1 aromatic rings. The summed E-state index contributed by atoms with van der Waals surface area (Å²) in [5.41, 5.74) is 5.60. The van der Waals surface area contributed by atoms with Crippen molar-refractivity contribution in [2.45, 2.75) is 10.8 Å². The summed E-state index contributed by atoms with van der Waals surface area (Å²) in [6.45, 7) is -2.64. The molecule has 4 N–H and O–H groups in total. The lowest BCUT2D eigenvalue weighted by Gasteiger charge is -2.14. The van der Waals surface area contributed by atoms with E-state index in [1.165, 1.54) is 19.2 Å². The van der Waals surface area contributed by atoms with Crippen molar-refractivity contribution in [1.29, 1.82) is 0 Å². The van der Waals surface area contributed by atoms with Crippen LogP contribution in [0, 0.1) is 0 Å². The van der Waals surface area contributed by atoms with Crippen LogP contribution in [0.3, 0.4) is 0 Å². The third-order valence-electron chi connectivity index (χ3n) is 2.26. The summed E-state index contributed by atoms with van der Waals surface area (Å²) in [4.78, 5) is -0.264. The number of nitrogen functional groups attached to an aromatic ring is 1. The lowest BCUT2D eigenvalue weighted by Crippen LogP contribution is -2.38. The average Bonchev–Trinajstić information content (AvgIpc) is 2.36. The van der Waals surface area contributed by atoms with E-state index in [9.17, 15) is 17.2 Å². The Morgan fingerprint density at radius 3 is 2.58 bits per heavy atom. The second-order valence-corrected chi connectivity index (χ2v) is 5.51. The molecule has 0 amide bonds. The van der Waals surface area contributed by atoms with Crippen LogP contribution in [0.15, 0.2) is 23.1 Å². The molecule has 0 atom stereocenters. The zero-order valence-electron chi connectivity index (χ0n) is 10.1. The first kappa shape index (κ1) is 15.6. The molecular formula is C10H14F2N2O4S. The summed E-state index contributed by atoms with van der Waals surface area (Å²) in [5, 5.41) is 8.35. The lowest BCUT2D eigenvalue weighted by molar-refractivity contribution is -0.0437. The van der Waals surface area contributed by atoms with Crippen molar-refractivity contribution < 1.29 is 27.0 Å². The third kappa shape index (κ3) is 4.01. The second kappa shape index (κ2) is 5.68. The maximum Gasteiger partial charge on any atom is 0.283 e. The summed E-state index contributed by atoms with van der Waals surface area (Å²) in [6, 6.07) is 3.58. The van der Waals surface area contributed by atoms with E-state index < -0.39 is 29.1 Å². The fourth-order valence-electron chi connectivity index (χ4n) is 1.22. The van der Waals surface area contributed by atoms with Gasteiger partial charge in [-0.2, -0.15) is 0 Å². The number of nitrogens with two attached hydrogens (primary N) is 1. The molecule has 0 saturated heterocycles. The Balaban J connectivity index is 2.92. The number of aliphatic hydroxyl groups is 1. The predicted octanol–water partition coefficient (Wildman–Crippen LogP) is 0.183. The lowest BCUT2D eigenvalue weighted by atomic mass is 10.3. The molecule has 0 radical (unpaired) electrons. The van der Waals surface area contributed by atoms with Crippen LogP contribution in [0.4, 0.5) is 14.5 Å². The molecule has 0 spiro atoms. The number of sulfonamides is 1. The van der Waals surface area contributed by atoms with Crippen LogP contribution >= 0.6 is 0 Å². The molecule has 108 valence electrons. The monoisotopic (exact) mass is 296 g/mol. The molecule has 6 nitrogen and oxygen atoms in total. The van der Waals surface area contributed by atoms with Gasteiger partial charge in [0.1, 0.15) is 12.4 Å². The molecule has 1 rings (SSSR count). The Morgan fingerprint density at radius 2 is 2.11 bits per heavy atom. The SMILES string of the molecule is COc1ccc(S(=O)(=O)NCC(F)(F)CO)cc1N. The van der Waals surface area contributed by atoms with Gasteiger partial charge < -0.3 is 15.6 Å². The largest absolute Gasteiger partial charge is 0.495 e. The van der Waals surface area contributed by atoms with E-state index in [1.54, 1.807) is 4.72 Å². The Labute approximate surface area is 109 Å². The smallest absolute Gasteiger partial charge is 0.283 e. The molecule has 0 aliphatic rings. The minimum absolute atomic E-state index is 0.0688. The maximum absolute atomic E-state index is 12.8. The number of alkyl halides is 2. The van der Waals surface area contributed by atoms with Gasteiger partial charge in [-0.15, -0.1) is 0 Å². The van der Waals surface area contributed by atoms with Crippen molar-refractivity contribution in [2.75, 3.05) is 26.0 Å². The zero-order chi connectivity index (χ0) is 14.7. The normalized spacial score (nSPS) is 12.4. The number of anilines is 1. The van der Waals surface area contributed by atoms with Gasteiger partial charge in [0.25, 0.3) is 5.92 Å². The van der Waals surface area contributed by atoms with Gasteiger partial charge in [0.05, 0.1) is 24.2 Å². The number of halogens is 2. The molecular weight excluding hydrogens is 282 g/mol. The molecule has 0 fully saturated rings. The van der Waals surface area contributed by atoms with Crippen molar-refractivity contribution in [3.63, 3.8) is 0 Å². The topological polar surface area (TPSA) is 102 Å². The first-order valence-electron chi connectivity index (χ1n) is 5.14. The van der Waals surface area contributed by atoms with E-state index in [0.717, 1.165) is 6.07 Å². The van der Waals surface area contributed by atoms with Gasteiger partial charge in [-0.1, -0.05) is 0 Å². The maximum atomic E-state index is 12.8. The van der Waals surface area contributed by atoms with E-state index in [2.05, 4.69) is 0 Å². The molecule has 0 unspecified atom stereocenters. The number of methoxy groups -OCH3 is 1. The predicted molar refractivity (Wildman–Crippen MR) is 64.6 cm³/mol. The Kier molecular flexibility index (Phi) is 4.66. The van der Waals surface area contributed by atoms with E-state index in [1.807, 2.05) is 0 Å². The van der Waals surface area contributed by atoms with Gasteiger partial charge in [-0.25, -0.2) is 21.9 Å². The van der Waals surface area contributed by atoms with Gasteiger partial charge in [0.15, 0.2) is 0 Å². The number of aliphatic hydroxyl groups excluding tert-OH is 1. The average molecular weight is 296 g/mol. The third-order valence-corrected chi connectivity index (χ3v) is 3.66. The quantitative estimate of drug-likeness (QED) is 0.650. The Morgan fingerprint density at radius 1 is 1.47 bits per heavy atom. The molecule has 0 bridgehead atoms. The van der Waals surface area contributed by atoms with Gasteiger partial charge in [0, 0.05) is 0 Å². The van der Waals surface area contributed by atoms with E-state index in [0.29, 0.717) is 0 Å². The molecule has 0 aliphatic carbocycles. The molecule has 0 aromatic heterocycles. The Hall–Kier alpha value is -1.45. The number of hydrogen-bond donors (Lipinski definition) is 3. The van der Waals surface area contributed by atoms with E-state index in [-0.39, 0.29) is 16.3 Å². The number of ether oxygens (including phenoxy) is 1. The summed E-state index contributed by atoms with van der Waals surface area (Å²) in [7, 11) is -2.77. The highest BCUT2D eigenvalue weighted by atomic mass is 32.2. The van der Waals surface area contributed by atoms with Crippen LogP contribution in [0.25, 0.3) is 0 Å². The van der Waals surface area contributed by atoms with Crippen molar-refractivity contribution in [1.82, 2.24) is 4.72 Å². The number of rotatable bonds is 6. The van der Waals surface area contributed by atoms with Gasteiger partial charge in [0.2, 0.25) is 10.0 Å². The van der Waals surface area contributed by atoms with Crippen molar-refractivity contribution in [3.8, 4) is 5.75 Å². The summed E-state index contributed by atoms with van der Waals surface area (Å²) in [6.07, 6.45) is 0. The van der Waals surface area contributed by atoms with Gasteiger partial charge in [-0.05, 0) is 18.2 Å². The number of benzene rings is 1. The van der Waals surface area contributed by atoms with Crippen LogP contribution in [0.1, 0.15) is 0 Å². The molecule has 0 heterocycles. The van der Waals surface area contributed by atoms with Crippen LogP contribution in [0.2, 0.25) is 0 Å². The van der Waals surface area contributed by atoms with Crippen LogP contribution in [-0.2, 0) is 10.0 Å². The van der Waals surface area contributed by atoms with Gasteiger partial charge in [-0.3, -0.25) is 0 Å². The summed E-state index contributed by atoms with van der Waals surface area (Å²) >= 11 is 0. The molecule has 0 saturated carbocycles. The summed E-state index contributed by atoms with van der Waals surface area (Å²) in [5.74, 6) is -3.25. The fraction of sp³-hybridized carbons (Fsp3) is 0.400. The van der Waals surface area contributed by atoms with Crippen LogP contribution in [0.5, 0.6) is 5.75 Å². The minimum atomic E-state index is -4.13. The molecule has 1 aromatic carbocycles. The highest BCUT2D eigenvalue weighted by Crippen LogP contribution is 2.24. The van der Waals surface area contributed by atoms with Crippen molar-refractivity contribution >= 4 is 15.7 Å². The number of hydrogen-bond acceptors (Lipinski definition) is 5. The first-order chi connectivity index (χ1) is 8.72. The number of nitrogens with one attached hydrogen (secondary N) is 1. The molecule has 9 heteroatoms. The highest BCUT2D eigenvalue weighted by molar-refractivity contribution is 7.89. The van der Waals surface area contributed by atoms with E-state index in [4.69, 9.17) is 15.6 Å². The highest BCUT2D eigenvalue weighted by Gasteiger charge is 2.30. The van der Waals surface area contributed by atoms with Crippen molar-refractivity contribution in [2.24, 2.45) is 0 Å². The standard InChI is InChI=1S/C10H14F2N2O4S/c1-18-9-3-2-7(4-8(9)13)19(16,17)14-5-10(11,12)6-15/h2-4,14-15H,5-6,13H2,1H3. The minimum Gasteiger partial charge on any atom is -0.495 e. The van der Waals surface area contributed by atoms with Crippen LogP contribution < -0.4 is 15.2 Å². The van der Waals surface area contributed by atoms with Crippen LogP contribution in [-0.4, -0.2) is 39.7 Å². The first-order valence-corrected chi connectivity index (χ1v) is 6.62. The van der Waals surface area contributed by atoms with E-state index >= 15 is 0 Å².